The van der Waals surface area contributed by atoms with Gasteiger partial charge in [-0.05, 0) is 32.0 Å². The maximum absolute atomic E-state index is 12.0. The van der Waals surface area contributed by atoms with Gasteiger partial charge in [-0.1, -0.05) is 18.3 Å². The fraction of sp³-hybridized carbons (Fsp3) is 0.533. The fourth-order valence-corrected chi connectivity index (χ4v) is 3.02. The Morgan fingerprint density at radius 2 is 2.20 bits per heavy atom. The zero-order valence-corrected chi connectivity index (χ0v) is 12.3. The number of nitrogens with one attached hydrogen (secondary N) is 1. The summed E-state index contributed by atoms with van der Waals surface area (Å²) in [7, 11) is 0. The molecule has 1 amide bonds. The van der Waals surface area contributed by atoms with E-state index in [0.717, 1.165) is 24.5 Å². The van der Waals surface area contributed by atoms with Gasteiger partial charge in [0.15, 0.2) is 0 Å². The molecule has 2 heterocycles. The van der Waals surface area contributed by atoms with Crippen LogP contribution in [0.3, 0.4) is 0 Å². The van der Waals surface area contributed by atoms with Crippen molar-refractivity contribution in [1.29, 1.82) is 0 Å². The highest BCUT2D eigenvalue weighted by Gasteiger charge is 2.11. The molecular weight excluding hydrogens is 272 g/mol. The lowest BCUT2D eigenvalue weighted by molar-refractivity contribution is 0.0947. The average molecular weight is 292 g/mol. The lowest BCUT2D eigenvalue weighted by Crippen LogP contribution is -2.37. The lowest BCUT2D eigenvalue weighted by Gasteiger charge is -2.26. The summed E-state index contributed by atoms with van der Waals surface area (Å²) in [5.74, 6) is 5.34. The van der Waals surface area contributed by atoms with Crippen LogP contribution in [0.1, 0.15) is 34.5 Å². The minimum Gasteiger partial charge on any atom is -0.384 e. The molecule has 0 atom stereocenters. The van der Waals surface area contributed by atoms with E-state index in [1.54, 1.807) is 11.4 Å². The number of likely N-dealkylation sites (tertiary alicyclic amines) is 1. The van der Waals surface area contributed by atoms with Gasteiger partial charge in [-0.25, -0.2) is 0 Å². The standard InChI is InChI=1S/C15H20N2O2S/c18-10-4-5-14-11-13(12-20-14)15(19)16-6-9-17-7-2-1-3-8-17/h11-12,18H,1-3,6-10H2,(H,16,19). The van der Waals surface area contributed by atoms with E-state index in [0.29, 0.717) is 12.1 Å². The molecule has 0 radical (unpaired) electrons. The van der Waals surface area contributed by atoms with Crippen LogP contribution in [-0.2, 0) is 0 Å². The number of amides is 1. The molecule has 0 unspecified atom stereocenters. The molecule has 0 aromatic carbocycles. The Labute approximate surface area is 123 Å². The molecular formula is C15H20N2O2S. The number of carbonyl (C=O) groups is 1. The Balaban J connectivity index is 1.75. The van der Waals surface area contributed by atoms with Crippen LogP contribution in [0.25, 0.3) is 0 Å². The van der Waals surface area contributed by atoms with E-state index in [-0.39, 0.29) is 12.5 Å². The second-order valence-corrected chi connectivity index (χ2v) is 5.73. The van der Waals surface area contributed by atoms with Crippen molar-refractivity contribution in [2.24, 2.45) is 0 Å². The summed E-state index contributed by atoms with van der Waals surface area (Å²) >= 11 is 1.42. The van der Waals surface area contributed by atoms with Crippen LogP contribution >= 0.6 is 11.3 Å². The van der Waals surface area contributed by atoms with E-state index < -0.39 is 0 Å². The molecule has 1 saturated heterocycles. The highest BCUT2D eigenvalue weighted by atomic mass is 32.1. The number of nitrogens with zero attached hydrogens (tertiary/aromatic N) is 1. The first-order valence-corrected chi connectivity index (χ1v) is 7.86. The lowest BCUT2D eigenvalue weighted by atomic mass is 10.1. The number of aliphatic hydroxyl groups is 1. The zero-order valence-electron chi connectivity index (χ0n) is 11.5. The van der Waals surface area contributed by atoms with Gasteiger partial charge in [-0.2, -0.15) is 0 Å². The second-order valence-electron chi connectivity index (χ2n) is 4.82. The highest BCUT2D eigenvalue weighted by molar-refractivity contribution is 7.10. The van der Waals surface area contributed by atoms with Crippen molar-refractivity contribution in [2.45, 2.75) is 19.3 Å². The van der Waals surface area contributed by atoms with Crippen LogP contribution in [0, 0.1) is 11.8 Å². The monoisotopic (exact) mass is 292 g/mol. The van der Waals surface area contributed by atoms with Gasteiger partial charge in [-0.3, -0.25) is 4.79 Å². The van der Waals surface area contributed by atoms with Gasteiger partial charge >= 0.3 is 0 Å². The van der Waals surface area contributed by atoms with Crippen molar-refractivity contribution < 1.29 is 9.90 Å². The maximum Gasteiger partial charge on any atom is 0.252 e. The minimum atomic E-state index is -0.157. The molecule has 0 spiro atoms. The molecule has 0 saturated carbocycles. The normalized spacial score (nSPS) is 15.4. The van der Waals surface area contributed by atoms with Crippen LogP contribution < -0.4 is 5.32 Å². The Bertz CT molecular complexity index is 495. The summed E-state index contributed by atoms with van der Waals surface area (Å²) in [5.41, 5.74) is 0.649. The molecule has 2 rings (SSSR count). The van der Waals surface area contributed by atoms with E-state index in [1.807, 2.05) is 0 Å². The number of hydrogen-bond acceptors (Lipinski definition) is 4. The first-order valence-electron chi connectivity index (χ1n) is 6.98. The molecule has 20 heavy (non-hydrogen) atoms. The number of carbonyl (C=O) groups excluding carboxylic acids is 1. The van der Waals surface area contributed by atoms with Gasteiger partial charge in [0, 0.05) is 18.5 Å². The van der Waals surface area contributed by atoms with Gasteiger partial charge in [-0.15, -0.1) is 11.3 Å². The van der Waals surface area contributed by atoms with Gasteiger partial charge in [0.2, 0.25) is 0 Å². The topological polar surface area (TPSA) is 52.6 Å². The molecule has 5 heteroatoms. The molecule has 2 N–H and O–H groups in total. The van der Waals surface area contributed by atoms with Crippen molar-refractivity contribution >= 4 is 17.2 Å². The Hall–Kier alpha value is -1.35. The number of thiophene rings is 1. The largest absolute Gasteiger partial charge is 0.384 e. The van der Waals surface area contributed by atoms with Crippen LogP contribution in [-0.4, -0.2) is 48.7 Å². The second kappa shape index (κ2) is 8.05. The quantitative estimate of drug-likeness (QED) is 0.823. The van der Waals surface area contributed by atoms with Crippen molar-refractivity contribution in [3.63, 3.8) is 0 Å². The Morgan fingerprint density at radius 1 is 1.40 bits per heavy atom. The van der Waals surface area contributed by atoms with Crippen LogP contribution in [0.4, 0.5) is 0 Å². The molecule has 1 aliphatic rings. The predicted molar refractivity (Wildman–Crippen MR) is 80.9 cm³/mol. The van der Waals surface area contributed by atoms with E-state index in [4.69, 9.17) is 5.11 Å². The molecule has 1 aromatic rings. The first kappa shape index (κ1) is 15.0. The molecule has 0 aliphatic carbocycles. The minimum absolute atomic E-state index is 0.0460. The Kier molecular flexibility index (Phi) is 6.06. The molecule has 1 fully saturated rings. The molecule has 1 aromatic heterocycles. The van der Waals surface area contributed by atoms with Crippen LogP contribution in [0.15, 0.2) is 11.4 Å². The van der Waals surface area contributed by atoms with E-state index in [9.17, 15) is 4.79 Å². The van der Waals surface area contributed by atoms with Gasteiger partial charge in [0.25, 0.3) is 5.91 Å². The third kappa shape index (κ3) is 4.64. The van der Waals surface area contributed by atoms with Crippen molar-refractivity contribution in [3.05, 3.63) is 21.9 Å². The van der Waals surface area contributed by atoms with Crippen molar-refractivity contribution in [1.82, 2.24) is 10.2 Å². The van der Waals surface area contributed by atoms with Crippen LogP contribution in [0.5, 0.6) is 0 Å². The van der Waals surface area contributed by atoms with Gasteiger partial charge < -0.3 is 15.3 Å². The average Bonchev–Trinajstić information content (AvgIpc) is 2.95. The van der Waals surface area contributed by atoms with E-state index >= 15 is 0 Å². The molecule has 1 aliphatic heterocycles. The molecule has 108 valence electrons. The van der Waals surface area contributed by atoms with Crippen molar-refractivity contribution in [3.8, 4) is 11.8 Å². The first-order chi connectivity index (χ1) is 9.79. The number of aliphatic hydroxyl groups excluding tert-OH is 1. The summed E-state index contributed by atoms with van der Waals surface area (Å²) in [6.45, 7) is 3.75. The predicted octanol–water partition coefficient (Wildman–Crippen LogP) is 1.31. The van der Waals surface area contributed by atoms with E-state index in [1.165, 1.54) is 30.6 Å². The van der Waals surface area contributed by atoms with Gasteiger partial charge in [0.1, 0.15) is 6.61 Å². The summed E-state index contributed by atoms with van der Waals surface area (Å²) in [6, 6.07) is 1.77. The maximum atomic E-state index is 12.0. The summed E-state index contributed by atoms with van der Waals surface area (Å²) in [4.78, 5) is 15.2. The number of piperidine rings is 1. The number of hydrogen-bond donors (Lipinski definition) is 2. The summed E-state index contributed by atoms with van der Waals surface area (Å²) in [6.07, 6.45) is 3.87. The van der Waals surface area contributed by atoms with Crippen molar-refractivity contribution in [2.75, 3.05) is 32.8 Å². The summed E-state index contributed by atoms with van der Waals surface area (Å²) < 4.78 is 0. The van der Waals surface area contributed by atoms with E-state index in [2.05, 4.69) is 22.1 Å². The molecule has 0 bridgehead atoms. The zero-order chi connectivity index (χ0) is 14.2. The third-order valence-electron chi connectivity index (χ3n) is 3.31. The fourth-order valence-electron chi connectivity index (χ4n) is 2.26. The Morgan fingerprint density at radius 3 is 2.95 bits per heavy atom. The molecule has 4 nitrogen and oxygen atoms in total. The number of rotatable bonds is 4. The van der Waals surface area contributed by atoms with Gasteiger partial charge in [0.05, 0.1) is 10.4 Å². The highest BCUT2D eigenvalue weighted by Crippen LogP contribution is 2.13. The third-order valence-corrected chi connectivity index (χ3v) is 4.16. The summed E-state index contributed by atoms with van der Waals surface area (Å²) in [5, 5.41) is 13.4. The smallest absolute Gasteiger partial charge is 0.252 e. The SMILES string of the molecule is O=C(NCCN1CCCCC1)c1csc(C#CCO)c1. The van der Waals surface area contributed by atoms with Crippen LogP contribution in [0.2, 0.25) is 0 Å².